The second kappa shape index (κ2) is 3.31. The van der Waals surface area contributed by atoms with Gasteiger partial charge in [-0.25, -0.2) is 0 Å². The molecule has 2 saturated carbocycles. The van der Waals surface area contributed by atoms with Crippen LogP contribution >= 0.6 is 0 Å². The Hall–Kier alpha value is -1.45. The van der Waals surface area contributed by atoms with Crippen molar-refractivity contribution >= 4 is 18.0 Å². The largest absolute Gasteiger partial charge is 0.462 e. The SMILES string of the molecule is CC(=O)O[C@H]1C[C@@]2(C)CC(=O)C(C=O)=C[C@@]23C[C@@H]13. The quantitative estimate of drug-likeness (QED) is 0.421. The number of aldehydes is 1. The van der Waals surface area contributed by atoms with Crippen LogP contribution < -0.4 is 0 Å². The number of allylic oxidation sites excluding steroid dienone is 2. The topological polar surface area (TPSA) is 60.4 Å². The van der Waals surface area contributed by atoms with Crippen LogP contribution in [0.5, 0.6) is 0 Å². The van der Waals surface area contributed by atoms with Crippen molar-refractivity contribution < 1.29 is 19.1 Å². The van der Waals surface area contributed by atoms with E-state index in [1.54, 1.807) is 0 Å². The number of ketones is 1. The molecule has 3 aliphatic rings. The van der Waals surface area contributed by atoms with Gasteiger partial charge in [0.1, 0.15) is 6.10 Å². The fourth-order valence-corrected chi connectivity index (χ4v) is 4.07. The first-order chi connectivity index (χ1) is 8.42. The molecule has 0 N–H and O–H groups in total. The minimum absolute atomic E-state index is 0.0766. The number of hydrogen-bond acceptors (Lipinski definition) is 4. The van der Waals surface area contributed by atoms with Crippen LogP contribution in [0, 0.1) is 16.7 Å². The Morgan fingerprint density at radius 1 is 1.50 bits per heavy atom. The molecule has 0 heterocycles. The van der Waals surface area contributed by atoms with Crippen molar-refractivity contribution in [2.75, 3.05) is 0 Å². The molecular formula is C14H16O4. The van der Waals surface area contributed by atoms with Crippen molar-refractivity contribution in [1.29, 1.82) is 0 Å². The fraction of sp³-hybridized carbons (Fsp3) is 0.643. The number of esters is 1. The molecule has 0 radical (unpaired) electrons. The van der Waals surface area contributed by atoms with Crippen LogP contribution in [0.1, 0.15) is 33.1 Å². The number of carbonyl (C=O) groups is 3. The van der Waals surface area contributed by atoms with E-state index in [4.69, 9.17) is 4.74 Å². The normalized spacial score (nSPS) is 44.8. The number of ether oxygens (including phenoxy) is 1. The lowest BCUT2D eigenvalue weighted by Crippen LogP contribution is -2.34. The van der Waals surface area contributed by atoms with Gasteiger partial charge in [-0.2, -0.15) is 0 Å². The Labute approximate surface area is 105 Å². The molecule has 0 saturated heterocycles. The standard InChI is InChI=1S/C14H16O4/c1-8(16)18-12-6-13(2)5-11(17)9(7-15)3-14(13)4-10(12)14/h3,7,10,12H,4-6H2,1-2H3/t10-,12-,13+,14-/m0/s1. The van der Waals surface area contributed by atoms with Crippen molar-refractivity contribution in [1.82, 2.24) is 0 Å². The highest BCUT2D eigenvalue weighted by molar-refractivity contribution is 6.13. The number of rotatable bonds is 2. The summed E-state index contributed by atoms with van der Waals surface area (Å²) in [5.74, 6) is -0.0584. The minimum atomic E-state index is -0.268. The molecule has 3 aliphatic carbocycles. The summed E-state index contributed by atoms with van der Waals surface area (Å²) in [5.41, 5.74) is 0.0667. The summed E-state index contributed by atoms with van der Waals surface area (Å²) in [7, 11) is 0. The van der Waals surface area contributed by atoms with Crippen molar-refractivity contribution in [3.05, 3.63) is 11.6 Å². The number of hydrogen-bond donors (Lipinski definition) is 0. The lowest BCUT2D eigenvalue weighted by molar-refractivity contribution is -0.147. The average Bonchev–Trinajstić information content (AvgIpc) is 2.93. The van der Waals surface area contributed by atoms with Gasteiger partial charge in [-0.15, -0.1) is 0 Å². The minimum Gasteiger partial charge on any atom is -0.462 e. The molecule has 0 unspecified atom stereocenters. The summed E-state index contributed by atoms with van der Waals surface area (Å²) in [4.78, 5) is 33.9. The number of carbonyl (C=O) groups excluding carboxylic acids is 3. The smallest absolute Gasteiger partial charge is 0.302 e. The predicted molar refractivity (Wildman–Crippen MR) is 62.6 cm³/mol. The van der Waals surface area contributed by atoms with Crippen LogP contribution in [0.15, 0.2) is 11.6 Å². The van der Waals surface area contributed by atoms with Crippen molar-refractivity contribution in [2.24, 2.45) is 16.7 Å². The molecule has 0 bridgehead atoms. The molecule has 2 fully saturated rings. The first-order valence-corrected chi connectivity index (χ1v) is 6.30. The Morgan fingerprint density at radius 3 is 2.83 bits per heavy atom. The molecule has 3 rings (SSSR count). The van der Waals surface area contributed by atoms with E-state index < -0.39 is 0 Å². The second-order valence-corrected chi connectivity index (χ2v) is 6.08. The third-order valence-corrected chi connectivity index (χ3v) is 5.01. The Balaban J connectivity index is 1.95. The van der Waals surface area contributed by atoms with Gasteiger partial charge in [-0.1, -0.05) is 13.0 Å². The van der Waals surface area contributed by atoms with Gasteiger partial charge in [0.15, 0.2) is 12.1 Å². The van der Waals surface area contributed by atoms with Gasteiger partial charge >= 0.3 is 5.97 Å². The molecule has 18 heavy (non-hydrogen) atoms. The first-order valence-electron chi connectivity index (χ1n) is 6.30. The summed E-state index contributed by atoms with van der Waals surface area (Å²) < 4.78 is 5.35. The third kappa shape index (κ3) is 1.29. The van der Waals surface area contributed by atoms with E-state index >= 15 is 0 Å². The highest BCUT2D eigenvalue weighted by Gasteiger charge is 2.73. The monoisotopic (exact) mass is 248 g/mol. The molecule has 0 aromatic rings. The van der Waals surface area contributed by atoms with Crippen molar-refractivity contribution in [3.63, 3.8) is 0 Å². The van der Waals surface area contributed by atoms with Crippen molar-refractivity contribution in [3.8, 4) is 0 Å². The summed E-state index contributed by atoms with van der Waals surface area (Å²) in [6.45, 7) is 3.49. The zero-order valence-electron chi connectivity index (χ0n) is 10.6. The van der Waals surface area contributed by atoms with Gasteiger partial charge in [0, 0.05) is 24.7 Å². The van der Waals surface area contributed by atoms with E-state index in [-0.39, 0.29) is 34.6 Å². The molecule has 0 amide bonds. The van der Waals surface area contributed by atoms with Gasteiger partial charge in [0.25, 0.3) is 0 Å². The highest BCUT2D eigenvalue weighted by Crippen LogP contribution is 2.76. The molecule has 4 atom stereocenters. The maximum absolute atomic E-state index is 11.9. The van der Waals surface area contributed by atoms with Crippen LogP contribution in [-0.2, 0) is 19.1 Å². The Kier molecular flexibility index (Phi) is 2.14. The third-order valence-electron chi connectivity index (χ3n) is 5.01. The molecule has 4 heteroatoms. The van der Waals surface area contributed by atoms with Crippen LogP contribution in [0.25, 0.3) is 0 Å². The molecular weight excluding hydrogens is 232 g/mol. The molecule has 0 aliphatic heterocycles. The Bertz CT molecular complexity index is 492. The molecule has 96 valence electrons. The zero-order valence-corrected chi connectivity index (χ0v) is 10.6. The van der Waals surface area contributed by atoms with Crippen LogP contribution in [0.2, 0.25) is 0 Å². The van der Waals surface area contributed by atoms with Gasteiger partial charge in [0.05, 0.1) is 5.57 Å². The first kappa shape index (κ1) is 11.6. The van der Waals surface area contributed by atoms with E-state index in [9.17, 15) is 14.4 Å². The van der Waals surface area contributed by atoms with Gasteiger partial charge in [-0.05, 0) is 18.3 Å². The summed E-state index contributed by atoms with van der Waals surface area (Å²) in [5, 5.41) is 0. The van der Waals surface area contributed by atoms with E-state index in [0.29, 0.717) is 18.3 Å². The van der Waals surface area contributed by atoms with E-state index in [1.807, 2.05) is 6.08 Å². The van der Waals surface area contributed by atoms with Crippen LogP contribution in [0.3, 0.4) is 0 Å². The predicted octanol–water partition coefficient (Wildman–Crippen LogP) is 1.43. The fourth-order valence-electron chi connectivity index (χ4n) is 4.07. The lowest BCUT2D eigenvalue weighted by atomic mass is 9.66. The zero-order chi connectivity index (χ0) is 13.1. The van der Waals surface area contributed by atoms with Crippen LogP contribution in [0.4, 0.5) is 0 Å². The van der Waals surface area contributed by atoms with Gasteiger partial charge < -0.3 is 4.74 Å². The average molecular weight is 248 g/mol. The molecule has 0 aromatic heterocycles. The lowest BCUT2D eigenvalue weighted by Gasteiger charge is -2.36. The van der Waals surface area contributed by atoms with Gasteiger partial charge in [-0.3, -0.25) is 14.4 Å². The maximum Gasteiger partial charge on any atom is 0.302 e. The maximum atomic E-state index is 11.9. The van der Waals surface area contributed by atoms with E-state index in [2.05, 4.69) is 6.92 Å². The molecule has 4 nitrogen and oxygen atoms in total. The van der Waals surface area contributed by atoms with Crippen molar-refractivity contribution in [2.45, 2.75) is 39.2 Å². The summed E-state index contributed by atoms with van der Waals surface area (Å²) >= 11 is 0. The van der Waals surface area contributed by atoms with E-state index in [1.165, 1.54) is 6.92 Å². The molecule has 0 aromatic carbocycles. The second-order valence-electron chi connectivity index (χ2n) is 6.08. The van der Waals surface area contributed by atoms with Gasteiger partial charge in [0.2, 0.25) is 0 Å². The highest BCUT2D eigenvalue weighted by atomic mass is 16.5. The molecule has 1 spiro atoms. The Morgan fingerprint density at radius 2 is 2.22 bits per heavy atom. The number of Topliss-reactive ketones (excluding diaryl/α,β-unsaturated/α-hetero) is 1. The summed E-state index contributed by atoms with van der Waals surface area (Å²) in [6, 6.07) is 0. The summed E-state index contributed by atoms with van der Waals surface area (Å²) in [6.07, 6.45) is 4.46. The van der Waals surface area contributed by atoms with E-state index in [0.717, 1.165) is 12.8 Å². The van der Waals surface area contributed by atoms with Crippen LogP contribution in [-0.4, -0.2) is 24.1 Å².